The lowest BCUT2D eigenvalue weighted by Crippen LogP contribution is -2.17. The first kappa shape index (κ1) is 9.79. The fourth-order valence-electron chi connectivity index (χ4n) is 0.765. The molecular formula is C7H7F3N2O. The first-order chi connectivity index (χ1) is 6.01. The van der Waals surface area contributed by atoms with Gasteiger partial charge in [-0.1, -0.05) is 0 Å². The van der Waals surface area contributed by atoms with Crippen molar-refractivity contribution in [2.24, 2.45) is 5.73 Å². The van der Waals surface area contributed by atoms with E-state index in [0.717, 1.165) is 12.1 Å². The first-order valence-electron chi connectivity index (χ1n) is 3.42. The van der Waals surface area contributed by atoms with Gasteiger partial charge in [0.15, 0.2) is 0 Å². The van der Waals surface area contributed by atoms with E-state index in [4.69, 9.17) is 5.73 Å². The number of aromatic nitrogens is 1. The van der Waals surface area contributed by atoms with Crippen molar-refractivity contribution in [3.63, 3.8) is 0 Å². The van der Waals surface area contributed by atoms with Crippen molar-refractivity contribution in [1.29, 1.82) is 0 Å². The Kier molecular flexibility index (Phi) is 2.72. The van der Waals surface area contributed by atoms with Gasteiger partial charge in [0.2, 0.25) is 0 Å². The minimum Gasteiger partial charge on any atom is -0.406 e. The number of hydrogen-bond acceptors (Lipinski definition) is 3. The molecule has 3 nitrogen and oxygen atoms in total. The van der Waals surface area contributed by atoms with Crippen LogP contribution in [0.1, 0.15) is 5.69 Å². The largest absolute Gasteiger partial charge is 0.573 e. The molecule has 13 heavy (non-hydrogen) atoms. The van der Waals surface area contributed by atoms with Gasteiger partial charge in [-0.05, 0) is 6.07 Å². The summed E-state index contributed by atoms with van der Waals surface area (Å²) >= 11 is 0. The molecule has 0 bridgehead atoms. The highest BCUT2D eigenvalue weighted by atomic mass is 19.4. The molecule has 2 N–H and O–H groups in total. The van der Waals surface area contributed by atoms with Gasteiger partial charge in [-0.3, -0.25) is 4.98 Å². The van der Waals surface area contributed by atoms with Crippen LogP contribution in [0.3, 0.4) is 0 Å². The smallest absolute Gasteiger partial charge is 0.406 e. The minimum atomic E-state index is -4.67. The first-order valence-corrected chi connectivity index (χ1v) is 3.42. The summed E-state index contributed by atoms with van der Waals surface area (Å²) in [7, 11) is 0. The summed E-state index contributed by atoms with van der Waals surface area (Å²) in [5.41, 5.74) is 5.53. The molecule has 0 unspecified atom stereocenters. The van der Waals surface area contributed by atoms with Crippen LogP contribution in [-0.4, -0.2) is 11.3 Å². The molecule has 1 heterocycles. The van der Waals surface area contributed by atoms with E-state index in [2.05, 4.69) is 9.72 Å². The van der Waals surface area contributed by atoms with Crippen LogP contribution in [0.5, 0.6) is 5.75 Å². The molecule has 0 saturated heterocycles. The number of halogens is 3. The average Bonchev–Trinajstić information content (AvgIpc) is 2.01. The molecule has 0 aromatic carbocycles. The highest BCUT2D eigenvalue weighted by Crippen LogP contribution is 2.22. The van der Waals surface area contributed by atoms with E-state index in [1.807, 2.05) is 0 Å². The lowest BCUT2D eigenvalue weighted by molar-refractivity contribution is -0.274. The molecule has 72 valence electrons. The van der Waals surface area contributed by atoms with Crippen LogP contribution in [0, 0.1) is 0 Å². The third kappa shape index (κ3) is 3.29. The number of nitrogens with two attached hydrogens (primary N) is 1. The minimum absolute atomic E-state index is 0.0784. The molecule has 1 aromatic rings. The van der Waals surface area contributed by atoms with Crippen LogP contribution in [-0.2, 0) is 6.54 Å². The SMILES string of the molecule is NCc1cc(OC(F)(F)F)ccn1. The molecule has 0 amide bonds. The van der Waals surface area contributed by atoms with E-state index in [1.165, 1.54) is 6.20 Å². The Morgan fingerprint density at radius 1 is 1.46 bits per heavy atom. The van der Waals surface area contributed by atoms with Gasteiger partial charge in [0.05, 0.1) is 5.69 Å². The average molecular weight is 192 g/mol. The summed E-state index contributed by atoms with van der Waals surface area (Å²) in [5.74, 6) is -0.303. The Morgan fingerprint density at radius 3 is 2.69 bits per heavy atom. The molecule has 0 radical (unpaired) electrons. The summed E-state index contributed by atoms with van der Waals surface area (Å²) in [6.45, 7) is 0.0784. The zero-order chi connectivity index (χ0) is 9.90. The number of pyridine rings is 1. The monoisotopic (exact) mass is 192 g/mol. The summed E-state index contributed by atoms with van der Waals surface area (Å²) < 4.78 is 38.8. The lowest BCUT2D eigenvalue weighted by atomic mass is 10.3. The molecule has 0 atom stereocenters. The number of rotatable bonds is 2. The van der Waals surface area contributed by atoms with Crippen molar-refractivity contribution in [3.05, 3.63) is 24.0 Å². The Labute approximate surface area is 72.3 Å². The molecule has 0 fully saturated rings. The number of alkyl halides is 3. The molecule has 1 aromatic heterocycles. The summed E-state index contributed by atoms with van der Waals surface area (Å²) in [4.78, 5) is 3.72. The Hall–Kier alpha value is -1.30. The van der Waals surface area contributed by atoms with E-state index in [1.54, 1.807) is 0 Å². The van der Waals surface area contributed by atoms with Crippen LogP contribution in [0.4, 0.5) is 13.2 Å². The van der Waals surface area contributed by atoms with Crippen LogP contribution in [0.2, 0.25) is 0 Å². The highest BCUT2D eigenvalue weighted by molar-refractivity contribution is 5.22. The van der Waals surface area contributed by atoms with Gasteiger partial charge in [-0.25, -0.2) is 0 Å². The third-order valence-corrected chi connectivity index (χ3v) is 1.23. The number of hydrogen-bond donors (Lipinski definition) is 1. The fraction of sp³-hybridized carbons (Fsp3) is 0.286. The molecule has 0 aliphatic heterocycles. The second kappa shape index (κ2) is 3.61. The molecule has 0 saturated carbocycles. The van der Waals surface area contributed by atoms with Gasteiger partial charge in [-0.2, -0.15) is 0 Å². The maximum Gasteiger partial charge on any atom is 0.573 e. The normalized spacial score (nSPS) is 11.4. The van der Waals surface area contributed by atoms with Gasteiger partial charge >= 0.3 is 6.36 Å². The second-order valence-corrected chi connectivity index (χ2v) is 2.23. The Bertz CT molecular complexity index is 287. The molecule has 0 aliphatic rings. The maximum atomic E-state index is 11.7. The van der Waals surface area contributed by atoms with Gasteiger partial charge in [0.1, 0.15) is 5.75 Å². The maximum absolute atomic E-state index is 11.7. The van der Waals surface area contributed by atoms with E-state index >= 15 is 0 Å². The van der Waals surface area contributed by atoms with Crippen molar-refractivity contribution < 1.29 is 17.9 Å². The van der Waals surface area contributed by atoms with Crippen molar-refractivity contribution in [1.82, 2.24) is 4.98 Å². The van der Waals surface area contributed by atoms with Crippen molar-refractivity contribution >= 4 is 0 Å². The predicted octanol–water partition coefficient (Wildman–Crippen LogP) is 1.44. The molecule has 6 heteroatoms. The lowest BCUT2D eigenvalue weighted by Gasteiger charge is -2.08. The molecule has 1 rings (SSSR count). The zero-order valence-electron chi connectivity index (χ0n) is 6.51. The quantitative estimate of drug-likeness (QED) is 0.771. The molecule has 0 spiro atoms. The fourth-order valence-corrected chi connectivity index (χ4v) is 0.765. The topological polar surface area (TPSA) is 48.1 Å². The Morgan fingerprint density at radius 2 is 2.15 bits per heavy atom. The standard InChI is InChI=1S/C7H7F3N2O/c8-7(9,10)13-6-1-2-12-5(3-6)4-11/h1-3H,4,11H2. The van der Waals surface area contributed by atoms with E-state index in [-0.39, 0.29) is 12.3 Å². The third-order valence-electron chi connectivity index (χ3n) is 1.23. The van der Waals surface area contributed by atoms with E-state index < -0.39 is 6.36 Å². The van der Waals surface area contributed by atoms with Crippen LogP contribution in [0.25, 0.3) is 0 Å². The summed E-state index contributed by atoms with van der Waals surface area (Å²) in [5, 5.41) is 0. The van der Waals surface area contributed by atoms with Crippen LogP contribution in [0.15, 0.2) is 18.3 Å². The number of nitrogens with zero attached hydrogens (tertiary/aromatic N) is 1. The van der Waals surface area contributed by atoms with Crippen molar-refractivity contribution in [3.8, 4) is 5.75 Å². The predicted molar refractivity (Wildman–Crippen MR) is 38.8 cm³/mol. The van der Waals surface area contributed by atoms with Crippen molar-refractivity contribution in [2.45, 2.75) is 12.9 Å². The van der Waals surface area contributed by atoms with E-state index in [0.29, 0.717) is 5.69 Å². The van der Waals surface area contributed by atoms with Crippen LogP contribution >= 0.6 is 0 Å². The highest BCUT2D eigenvalue weighted by Gasteiger charge is 2.31. The molecule has 0 aliphatic carbocycles. The van der Waals surface area contributed by atoms with Gasteiger partial charge in [0.25, 0.3) is 0 Å². The van der Waals surface area contributed by atoms with Gasteiger partial charge < -0.3 is 10.5 Å². The summed E-state index contributed by atoms with van der Waals surface area (Å²) in [6, 6.07) is 2.26. The Balaban J connectivity index is 2.78. The van der Waals surface area contributed by atoms with Crippen molar-refractivity contribution in [2.75, 3.05) is 0 Å². The van der Waals surface area contributed by atoms with Gasteiger partial charge in [-0.15, -0.1) is 13.2 Å². The summed E-state index contributed by atoms with van der Waals surface area (Å²) in [6.07, 6.45) is -3.46. The molecular weight excluding hydrogens is 185 g/mol. The number of ether oxygens (including phenoxy) is 1. The van der Waals surface area contributed by atoms with Gasteiger partial charge in [0, 0.05) is 18.8 Å². The van der Waals surface area contributed by atoms with E-state index in [9.17, 15) is 13.2 Å². The zero-order valence-corrected chi connectivity index (χ0v) is 6.51. The second-order valence-electron chi connectivity index (χ2n) is 2.23. The van der Waals surface area contributed by atoms with Crippen LogP contribution < -0.4 is 10.5 Å².